The molecule has 0 bridgehead atoms. The summed E-state index contributed by atoms with van der Waals surface area (Å²) < 4.78 is 11.8. The van der Waals surface area contributed by atoms with Gasteiger partial charge in [0.2, 0.25) is 0 Å². The summed E-state index contributed by atoms with van der Waals surface area (Å²) in [6.45, 7) is 2.17. The number of nitrogens with zero attached hydrogens (tertiary/aromatic N) is 2. The van der Waals surface area contributed by atoms with Crippen molar-refractivity contribution in [3.63, 3.8) is 0 Å². The minimum Gasteiger partial charge on any atom is -0.486 e. The molecule has 1 aliphatic rings. The van der Waals surface area contributed by atoms with Crippen molar-refractivity contribution >= 4 is 0 Å². The van der Waals surface area contributed by atoms with E-state index in [0.717, 1.165) is 35.7 Å². The second kappa shape index (κ2) is 8.16. The van der Waals surface area contributed by atoms with E-state index >= 15 is 0 Å². The zero-order valence-corrected chi connectivity index (χ0v) is 15.8. The van der Waals surface area contributed by atoms with Crippen molar-refractivity contribution in [3.8, 4) is 28.7 Å². The highest BCUT2D eigenvalue weighted by Crippen LogP contribution is 2.31. The Balaban J connectivity index is 1.38. The van der Waals surface area contributed by atoms with Crippen molar-refractivity contribution in [3.05, 3.63) is 83.9 Å². The zero-order chi connectivity index (χ0) is 19.3. The Morgan fingerprint density at radius 1 is 0.964 bits per heavy atom. The van der Waals surface area contributed by atoms with Crippen LogP contribution in [0.2, 0.25) is 0 Å². The maximum absolute atomic E-state index is 9.29. The summed E-state index contributed by atoms with van der Waals surface area (Å²) in [5.41, 5.74) is 3.94. The lowest BCUT2D eigenvalue weighted by Gasteiger charge is -2.29. The molecular formula is C24H22N2O2. The highest BCUT2D eigenvalue weighted by atomic mass is 16.6. The first-order chi connectivity index (χ1) is 13.7. The predicted molar refractivity (Wildman–Crippen MR) is 109 cm³/mol. The standard InChI is InChI=1S/C24H22N2O2/c1-26(16-21-17-27-23-8-4-5-9-24(23)28-21)15-18-10-12-19(13-11-18)22-7-3-2-6-20(22)14-25/h2-13,21H,15-17H2,1H3. The third-order valence-electron chi connectivity index (χ3n) is 4.85. The lowest BCUT2D eigenvalue weighted by molar-refractivity contribution is 0.0638. The van der Waals surface area contributed by atoms with Gasteiger partial charge >= 0.3 is 0 Å². The average molecular weight is 370 g/mol. The molecule has 0 aromatic heterocycles. The quantitative estimate of drug-likeness (QED) is 0.663. The second-order valence-electron chi connectivity index (χ2n) is 7.05. The van der Waals surface area contributed by atoms with Crippen molar-refractivity contribution in [2.75, 3.05) is 20.2 Å². The zero-order valence-electron chi connectivity index (χ0n) is 15.8. The third-order valence-corrected chi connectivity index (χ3v) is 4.85. The van der Waals surface area contributed by atoms with Crippen molar-refractivity contribution in [2.45, 2.75) is 12.6 Å². The molecule has 0 spiro atoms. The number of benzene rings is 3. The lowest BCUT2D eigenvalue weighted by atomic mass is 9.99. The van der Waals surface area contributed by atoms with Gasteiger partial charge in [0.15, 0.2) is 11.5 Å². The summed E-state index contributed by atoms with van der Waals surface area (Å²) in [6.07, 6.45) is 0.0154. The Morgan fingerprint density at radius 3 is 2.46 bits per heavy atom. The molecule has 1 atom stereocenters. The Hall–Kier alpha value is -3.29. The van der Waals surface area contributed by atoms with Gasteiger partial charge in [-0.25, -0.2) is 0 Å². The van der Waals surface area contributed by atoms with Gasteiger partial charge in [-0.2, -0.15) is 5.26 Å². The summed E-state index contributed by atoms with van der Waals surface area (Å²) in [7, 11) is 2.09. The van der Waals surface area contributed by atoms with E-state index in [1.165, 1.54) is 5.56 Å². The summed E-state index contributed by atoms with van der Waals surface area (Å²) in [4.78, 5) is 2.24. The van der Waals surface area contributed by atoms with Crippen LogP contribution >= 0.6 is 0 Å². The molecule has 0 radical (unpaired) electrons. The molecular weight excluding hydrogens is 348 g/mol. The van der Waals surface area contributed by atoms with E-state index in [2.05, 4.69) is 42.3 Å². The van der Waals surface area contributed by atoms with Gasteiger partial charge in [-0.05, 0) is 41.9 Å². The van der Waals surface area contributed by atoms with Crippen molar-refractivity contribution in [1.29, 1.82) is 5.26 Å². The Kier molecular flexibility index (Phi) is 5.27. The molecule has 0 fully saturated rings. The fourth-order valence-electron chi connectivity index (χ4n) is 3.50. The van der Waals surface area contributed by atoms with Gasteiger partial charge in [-0.3, -0.25) is 4.90 Å². The number of para-hydroxylation sites is 2. The second-order valence-corrected chi connectivity index (χ2v) is 7.05. The number of hydrogen-bond acceptors (Lipinski definition) is 4. The number of rotatable bonds is 5. The molecule has 1 heterocycles. The maximum atomic E-state index is 9.29. The van der Waals surface area contributed by atoms with E-state index in [4.69, 9.17) is 9.47 Å². The molecule has 0 amide bonds. The van der Waals surface area contributed by atoms with Crippen molar-refractivity contribution in [1.82, 2.24) is 4.90 Å². The molecule has 4 heteroatoms. The number of fused-ring (bicyclic) bond motifs is 1. The Morgan fingerprint density at radius 2 is 1.68 bits per heavy atom. The SMILES string of the molecule is CN(Cc1ccc(-c2ccccc2C#N)cc1)CC1COc2ccccc2O1. The molecule has 28 heavy (non-hydrogen) atoms. The number of nitriles is 1. The fraction of sp³-hybridized carbons (Fsp3) is 0.208. The Labute approximate surface area is 165 Å². The Bertz CT molecular complexity index is 992. The van der Waals surface area contributed by atoms with Gasteiger partial charge in [0, 0.05) is 13.1 Å². The van der Waals surface area contributed by atoms with Gasteiger partial charge in [0.05, 0.1) is 11.6 Å². The average Bonchev–Trinajstić information content (AvgIpc) is 2.74. The summed E-state index contributed by atoms with van der Waals surface area (Å²) in [5.74, 6) is 1.63. The van der Waals surface area contributed by atoms with Crippen molar-refractivity contribution in [2.24, 2.45) is 0 Å². The topological polar surface area (TPSA) is 45.5 Å². The maximum Gasteiger partial charge on any atom is 0.161 e. The largest absolute Gasteiger partial charge is 0.486 e. The first kappa shape index (κ1) is 18.1. The third kappa shape index (κ3) is 4.00. The molecule has 4 rings (SSSR count). The van der Waals surface area contributed by atoms with Crippen LogP contribution < -0.4 is 9.47 Å². The van der Waals surface area contributed by atoms with E-state index in [1.54, 1.807) is 0 Å². The summed E-state index contributed by atoms with van der Waals surface area (Å²) in [6, 6.07) is 26.1. The molecule has 3 aromatic carbocycles. The molecule has 3 aromatic rings. The van der Waals surface area contributed by atoms with Crippen LogP contribution in [0, 0.1) is 11.3 Å². The first-order valence-corrected chi connectivity index (χ1v) is 9.38. The van der Waals surface area contributed by atoms with Crippen LogP contribution in [0.5, 0.6) is 11.5 Å². The predicted octanol–water partition coefficient (Wildman–Crippen LogP) is 4.50. The minimum atomic E-state index is 0.0154. The van der Waals surface area contributed by atoms with Gasteiger partial charge in [0.25, 0.3) is 0 Å². The van der Waals surface area contributed by atoms with Crippen LogP contribution in [0.4, 0.5) is 0 Å². The van der Waals surface area contributed by atoms with Crippen LogP contribution in [0.1, 0.15) is 11.1 Å². The molecule has 0 aliphatic carbocycles. The molecule has 0 N–H and O–H groups in total. The van der Waals surface area contributed by atoms with Crippen LogP contribution in [0.3, 0.4) is 0 Å². The molecule has 0 saturated heterocycles. The number of hydrogen-bond donors (Lipinski definition) is 0. The van der Waals surface area contributed by atoms with Crippen LogP contribution in [0.15, 0.2) is 72.8 Å². The fourth-order valence-corrected chi connectivity index (χ4v) is 3.50. The number of likely N-dealkylation sites (N-methyl/N-ethyl adjacent to an activating group) is 1. The van der Waals surface area contributed by atoms with Gasteiger partial charge in [-0.15, -0.1) is 0 Å². The first-order valence-electron chi connectivity index (χ1n) is 9.38. The molecule has 1 unspecified atom stereocenters. The van der Waals surface area contributed by atoms with Crippen LogP contribution in [0.25, 0.3) is 11.1 Å². The normalized spacial score (nSPS) is 15.2. The van der Waals surface area contributed by atoms with E-state index in [1.807, 2.05) is 48.5 Å². The highest BCUT2D eigenvalue weighted by Gasteiger charge is 2.21. The van der Waals surface area contributed by atoms with Crippen LogP contribution in [-0.2, 0) is 6.54 Å². The van der Waals surface area contributed by atoms with E-state index in [9.17, 15) is 5.26 Å². The van der Waals surface area contributed by atoms with E-state index in [-0.39, 0.29) is 6.10 Å². The number of ether oxygens (including phenoxy) is 2. The summed E-state index contributed by atoms with van der Waals surface area (Å²) in [5, 5.41) is 9.29. The monoisotopic (exact) mass is 370 g/mol. The van der Waals surface area contributed by atoms with Gasteiger partial charge < -0.3 is 9.47 Å². The van der Waals surface area contributed by atoms with E-state index in [0.29, 0.717) is 12.2 Å². The molecule has 1 aliphatic heterocycles. The summed E-state index contributed by atoms with van der Waals surface area (Å²) >= 11 is 0. The highest BCUT2D eigenvalue weighted by molar-refractivity contribution is 5.70. The van der Waals surface area contributed by atoms with Crippen LogP contribution in [-0.4, -0.2) is 31.2 Å². The molecule has 0 saturated carbocycles. The van der Waals surface area contributed by atoms with Gasteiger partial charge in [0.1, 0.15) is 12.7 Å². The van der Waals surface area contributed by atoms with Crippen molar-refractivity contribution < 1.29 is 9.47 Å². The smallest absolute Gasteiger partial charge is 0.161 e. The molecule has 140 valence electrons. The van der Waals surface area contributed by atoms with E-state index < -0.39 is 0 Å². The minimum absolute atomic E-state index is 0.0154. The lowest BCUT2D eigenvalue weighted by Crippen LogP contribution is -2.39. The molecule has 4 nitrogen and oxygen atoms in total. The van der Waals surface area contributed by atoms with Gasteiger partial charge in [-0.1, -0.05) is 54.6 Å².